The lowest BCUT2D eigenvalue weighted by Crippen LogP contribution is -2.31. The first-order chi connectivity index (χ1) is 16.7. The van der Waals surface area contributed by atoms with Gasteiger partial charge in [0.05, 0.1) is 22.8 Å². The van der Waals surface area contributed by atoms with Crippen LogP contribution in [0.1, 0.15) is 40.4 Å². The quantitative estimate of drug-likeness (QED) is 0.307. The number of pyridine rings is 1. The third-order valence-electron chi connectivity index (χ3n) is 6.41. The molecule has 5 rings (SSSR count). The van der Waals surface area contributed by atoms with Crippen LogP contribution in [0.15, 0.2) is 78.9 Å². The molecule has 1 amide bonds. The predicted molar refractivity (Wildman–Crippen MR) is 139 cm³/mol. The number of carbonyl (C=O) groups excluding carboxylic acids is 1. The van der Waals surface area contributed by atoms with Gasteiger partial charge in [0.2, 0.25) is 0 Å². The first kappa shape index (κ1) is 22.6. The number of hydrogen-bond donors (Lipinski definition) is 1. The van der Waals surface area contributed by atoms with E-state index in [1.165, 1.54) is 12.1 Å². The molecule has 3 nitrogen and oxygen atoms in total. The van der Waals surface area contributed by atoms with Crippen molar-refractivity contribution in [2.75, 3.05) is 12.0 Å². The molecule has 0 bridgehead atoms. The van der Waals surface area contributed by atoms with Gasteiger partial charge in [0.15, 0.2) is 0 Å². The lowest BCUT2D eigenvalue weighted by atomic mass is 9.93. The molecule has 1 heterocycles. The van der Waals surface area contributed by atoms with Crippen LogP contribution in [0.5, 0.6) is 0 Å². The number of nitrogens with one attached hydrogen (secondary N) is 1. The van der Waals surface area contributed by atoms with E-state index in [2.05, 4.69) is 11.6 Å². The zero-order chi connectivity index (χ0) is 23.5. The average Bonchev–Trinajstić information content (AvgIpc) is 3.71. The number of aromatic nitrogens is 1. The number of hydrogen-bond acceptors (Lipinski definition) is 3. The van der Waals surface area contributed by atoms with Crippen LogP contribution in [0.25, 0.3) is 22.2 Å². The van der Waals surface area contributed by atoms with E-state index in [-0.39, 0.29) is 17.8 Å². The van der Waals surface area contributed by atoms with Crippen molar-refractivity contribution in [3.05, 3.63) is 101 Å². The van der Waals surface area contributed by atoms with Crippen LogP contribution in [0, 0.1) is 11.7 Å². The second-order valence-electron chi connectivity index (χ2n) is 8.78. The number of benzene rings is 3. The highest BCUT2D eigenvalue weighted by atomic mass is 32.2. The molecule has 0 radical (unpaired) electrons. The van der Waals surface area contributed by atoms with Crippen molar-refractivity contribution in [3.63, 3.8) is 0 Å². The molecular formula is C29H27FN2OS. The van der Waals surface area contributed by atoms with E-state index in [9.17, 15) is 9.18 Å². The molecule has 172 valence electrons. The Hall–Kier alpha value is -3.18. The van der Waals surface area contributed by atoms with Gasteiger partial charge in [-0.25, -0.2) is 9.37 Å². The monoisotopic (exact) mass is 470 g/mol. The first-order valence-electron chi connectivity index (χ1n) is 11.7. The molecule has 0 saturated heterocycles. The Morgan fingerprint density at radius 2 is 1.82 bits per heavy atom. The normalized spacial score (nSPS) is 14.2. The SMILES string of the molecule is CSCCc1c(-c2ccccc2)nc2ccccc2c1C(=O)NC(c1cccc(F)c1)C1CC1. The molecule has 0 aliphatic heterocycles. The molecule has 3 aromatic carbocycles. The van der Waals surface area contributed by atoms with Gasteiger partial charge in [-0.15, -0.1) is 0 Å². The molecule has 34 heavy (non-hydrogen) atoms. The minimum Gasteiger partial charge on any atom is -0.345 e. The number of fused-ring (bicyclic) bond motifs is 1. The fourth-order valence-corrected chi connectivity index (χ4v) is 5.02. The zero-order valence-electron chi connectivity index (χ0n) is 19.1. The van der Waals surface area contributed by atoms with Gasteiger partial charge in [0.25, 0.3) is 5.91 Å². The van der Waals surface area contributed by atoms with Crippen LogP contribution >= 0.6 is 11.8 Å². The third kappa shape index (κ3) is 4.71. The summed E-state index contributed by atoms with van der Waals surface area (Å²) in [5.74, 6) is 0.824. The Balaban J connectivity index is 1.64. The minimum absolute atomic E-state index is 0.118. The second kappa shape index (κ2) is 9.98. The highest BCUT2D eigenvalue weighted by Crippen LogP contribution is 2.42. The Labute approximate surface area is 203 Å². The summed E-state index contributed by atoms with van der Waals surface area (Å²) in [5.41, 5.74) is 5.12. The summed E-state index contributed by atoms with van der Waals surface area (Å²) in [6.07, 6.45) is 4.88. The minimum atomic E-state index is -0.279. The molecule has 1 unspecified atom stereocenters. The zero-order valence-corrected chi connectivity index (χ0v) is 19.9. The van der Waals surface area contributed by atoms with E-state index in [1.807, 2.05) is 60.7 Å². The van der Waals surface area contributed by atoms with E-state index in [0.29, 0.717) is 11.5 Å². The van der Waals surface area contributed by atoms with Crippen LogP contribution in [0.2, 0.25) is 0 Å². The second-order valence-corrected chi connectivity index (χ2v) is 9.77. The summed E-state index contributed by atoms with van der Waals surface area (Å²) in [4.78, 5) is 19.0. The van der Waals surface area contributed by atoms with E-state index >= 15 is 0 Å². The molecule has 1 aliphatic carbocycles. The van der Waals surface area contributed by atoms with Gasteiger partial charge in [-0.05, 0) is 66.5 Å². The Morgan fingerprint density at radius 3 is 2.56 bits per heavy atom. The fraction of sp³-hybridized carbons (Fsp3) is 0.241. The number of rotatable bonds is 8. The summed E-state index contributed by atoms with van der Waals surface area (Å²) >= 11 is 1.75. The molecule has 0 spiro atoms. The highest BCUT2D eigenvalue weighted by molar-refractivity contribution is 7.98. The molecule has 1 fully saturated rings. The van der Waals surface area contributed by atoms with Gasteiger partial charge in [-0.3, -0.25) is 4.79 Å². The molecule has 1 aromatic heterocycles. The smallest absolute Gasteiger partial charge is 0.252 e. The predicted octanol–water partition coefficient (Wildman–Crippen LogP) is 6.83. The van der Waals surface area contributed by atoms with E-state index in [0.717, 1.165) is 58.3 Å². The number of para-hydroxylation sites is 1. The van der Waals surface area contributed by atoms with Gasteiger partial charge in [0, 0.05) is 10.9 Å². The van der Waals surface area contributed by atoms with Crippen molar-refractivity contribution in [1.82, 2.24) is 10.3 Å². The maximum Gasteiger partial charge on any atom is 0.252 e. The summed E-state index contributed by atoms with van der Waals surface area (Å²) in [6, 6.07) is 24.3. The van der Waals surface area contributed by atoms with Crippen molar-refractivity contribution < 1.29 is 9.18 Å². The van der Waals surface area contributed by atoms with E-state index < -0.39 is 0 Å². The fourth-order valence-electron chi connectivity index (χ4n) is 4.61. The Bertz CT molecular complexity index is 1320. The maximum absolute atomic E-state index is 14.0. The Kier molecular flexibility index (Phi) is 6.63. The summed E-state index contributed by atoms with van der Waals surface area (Å²) in [7, 11) is 0. The lowest BCUT2D eigenvalue weighted by molar-refractivity contribution is 0.0932. The summed E-state index contributed by atoms with van der Waals surface area (Å²) in [5, 5.41) is 4.14. The van der Waals surface area contributed by atoms with Crippen LogP contribution in [-0.4, -0.2) is 22.9 Å². The van der Waals surface area contributed by atoms with Crippen molar-refractivity contribution >= 4 is 28.6 Å². The number of halogens is 1. The van der Waals surface area contributed by atoms with Gasteiger partial charge >= 0.3 is 0 Å². The lowest BCUT2D eigenvalue weighted by Gasteiger charge is -2.22. The van der Waals surface area contributed by atoms with Crippen molar-refractivity contribution in [1.29, 1.82) is 0 Å². The average molecular weight is 471 g/mol. The standard InChI is InChI=1S/C29H27FN2OS/c1-34-17-16-24-26(29(33)32-27(20-14-15-20)21-10-7-11-22(30)18-21)23-12-5-6-13-25(23)31-28(24)19-8-3-2-4-9-19/h2-13,18,20,27H,14-17H2,1H3,(H,32,33). The molecular weight excluding hydrogens is 443 g/mol. The highest BCUT2D eigenvalue weighted by Gasteiger charge is 2.34. The number of nitrogens with zero attached hydrogens (tertiary/aromatic N) is 1. The molecule has 5 heteroatoms. The number of amides is 1. The summed E-state index contributed by atoms with van der Waals surface area (Å²) in [6.45, 7) is 0. The first-order valence-corrected chi connectivity index (χ1v) is 13.1. The topological polar surface area (TPSA) is 42.0 Å². The number of carbonyl (C=O) groups is 1. The van der Waals surface area contributed by atoms with Gasteiger partial charge in [0.1, 0.15) is 5.82 Å². The van der Waals surface area contributed by atoms with Crippen molar-refractivity contribution in [2.24, 2.45) is 5.92 Å². The molecule has 1 aliphatic rings. The Morgan fingerprint density at radius 1 is 1.06 bits per heavy atom. The molecule has 1 atom stereocenters. The van der Waals surface area contributed by atoms with Crippen LogP contribution in [0.3, 0.4) is 0 Å². The van der Waals surface area contributed by atoms with E-state index in [1.54, 1.807) is 17.8 Å². The molecule has 1 saturated carbocycles. The third-order valence-corrected chi connectivity index (χ3v) is 7.02. The molecule has 1 N–H and O–H groups in total. The summed E-state index contributed by atoms with van der Waals surface area (Å²) < 4.78 is 14.0. The van der Waals surface area contributed by atoms with Gasteiger partial charge in [-0.1, -0.05) is 60.7 Å². The van der Waals surface area contributed by atoms with Crippen LogP contribution in [0.4, 0.5) is 4.39 Å². The van der Waals surface area contributed by atoms with Crippen LogP contribution < -0.4 is 5.32 Å². The van der Waals surface area contributed by atoms with E-state index in [4.69, 9.17) is 4.98 Å². The number of thioether (sulfide) groups is 1. The van der Waals surface area contributed by atoms with Crippen LogP contribution in [-0.2, 0) is 6.42 Å². The van der Waals surface area contributed by atoms with Crippen molar-refractivity contribution in [2.45, 2.75) is 25.3 Å². The van der Waals surface area contributed by atoms with Crippen molar-refractivity contribution in [3.8, 4) is 11.3 Å². The van der Waals surface area contributed by atoms with Gasteiger partial charge < -0.3 is 5.32 Å². The largest absolute Gasteiger partial charge is 0.345 e. The maximum atomic E-state index is 14.0. The molecule has 4 aromatic rings. The van der Waals surface area contributed by atoms with Gasteiger partial charge in [-0.2, -0.15) is 11.8 Å².